The van der Waals surface area contributed by atoms with Gasteiger partial charge in [-0.3, -0.25) is 4.79 Å². The first-order valence-electron chi connectivity index (χ1n) is 11.5. The number of sulfonamides is 1. The van der Waals surface area contributed by atoms with Crippen molar-refractivity contribution in [1.29, 1.82) is 0 Å². The molecule has 34 heavy (non-hydrogen) atoms. The molecule has 0 bridgehead atoms. The summed E-state index contributed by atoms with van der Waals surface area (Å²) in [6.07, 6.45) is 4.51. The van der Waals surface area contributed by atoms with Crippen LogP contribution in [-0.4, -0.2) is 46.8 Å². The fourth-order valence-corrected chi connectivity index (χ4v) is 7.35. The highest BCUT2D eigenvalue weighted by molar-refractivity contribution is 7.89. The number of hydrogen-bond acceptors (Lipinski definition) is 8. The molecular weight excluding hydrogens is 474 g/mol. The van der Waals surface area contributed by atoms with Gasteiger partial charge in [-0.15, -0.1) is 11.3 Å². The van der Waals surface area contributed by atoms with Gasteiger partial charge in [0.25, 0.3) is 0 Å². The molecule has 1 amide bonds. The number of pyridine rings is 1. The van der Waals surface area contributed by atoms with Crippen molar-refractivity contribution in [2.45, 2.75) is 56.8 Å². The molecule has 3 aromatic heterocycles. The molecule has 9 nitrogen and oxygen atoms in total. The van der Waals surface area contributed by atoms with Crippen molar-refractivity contribution in [2.75, 3.05) is 18.4 Å². The zero-order chi connectivity index (χ0) is 23.9. The molecule has 1 aliphatic heterocycles. The minimum absolute atomic E-state index is 0.138. The first kappa shape index (κ1) is 23.1. The molecule has 3 aromatic rings. The fourth-order valence-electron chi connectivity index (χ4n) is 4.34. The molecule has 0 radical (unpaired) electrons. The van der Waals surface area contributed by atoms with Crippen molar-refractivity contribution >= 4 is 33.1 Å². The summed E-state index contributed by atoms with van der Waals surface area (Å²) in [6, 6.07) is 7.04. The van der Waals surface area contributed by atoms with E-state index in [1.807, 2.05) is 19.1 Å². The van der Waals surface area contributed by atoms with Gasteiger partial charge >= 0.3 is 0 Å². The highest BCUT2D eigenvalue weighted by atomic mass is 32.2. The number of carbonyl (C=O) groups excluding carboxylic acids is 1. The molecule has 0 aromatic carbocycles. The predicted molar refractivity (Wildman–Crippen MR) is 128 cm³/mol. The van der Waals surface area contributed by atoms with Crippen LogP contribution in [0.1, 0.15) is 54.5 Å². The summed E-state index contributed by atoms with van der Waals surface area (Å²) in [5, 5.41) is 6.90. The van der Waals surface area contributed by atoms with Gasteiger partial charge in [0.15, 0.2) is 0 Å². The summed E-state index contributed by atoms with van der Waals surface area (Å²) < 4.78 is 33.9. The zero-order valence-electron chi connectivity index (χ0n) is 19.2. The molecule has 1 N–H and O–H groups in total. The molecule has 1 saturated heterocycles. The molecule has 1 unspecified atom stereocenters. The molecule has 1 aliphatic carbocycles. The lowest BCUT2D eigenvalue weighted by Crippen LogP contribution is -2.43. The second-order valence-corrected chi connectivity index (χ2v) is 12.1. The molecule has 2 fully saturated rings. The number of nitrogens with one attached hydrogen (secondary N) is 1. The highest BCUT2D eigenvalue weighted by Gasteiger charge is 2.35. The lowest BCUT2D eigenvalue weighted by atomic mass is 9.85. The van der Waals surface area contributed by atoms with Crippen molar-refractivity contribution < 1.29 is 17.7 Å². The van der Waals surface area contributed by atoms with Crippen molar-refractivity contribution in [1.82, 2.24) is 19.4 Å². The molecule has 180 valence electrons. The van der Waals surface area contributed by atoms with Gasteiger partial charge in [0, 0.05) is 29.6 Å². The Kier molecular flexibility index (Phi) is 6.26. The van der Waals surface area contributed by atoms with Gasteiger partial charge in [-0.05, 0) is 57.7 Å². The molecule has 2 aliphatic rings. The summed E-state index contributed by atoms with van der Waals surface area (Å²) in [7, 11) is -3.77. The number of carbonyl (C=O) groups is 1. The lowest BCUT2D eigenvalue weighted by molar-refractivity contribution is -0.120. The number of aromatic nitrogens is 3. The van der Waals surface area contributed by atoms with Gasteiger partial charge in [-0.2, -0.15) is 9.29 Å². The number of anilines is 1. The largest absolute Gasteiger partial charge is 0.339 e. The molecule has 1 saturated carbocycles. The number of hydrogen-bond donors (Lipinski definition) is 1. The van der Waals surface area contributed by atoms with Crippen LogP contribution in [0.4, 0.5) is 5.82 Å². The topological polar surface area (TPSA) is 118 Å². The maximum atomic E-state index is 13.5. The van der Waals surface area contributed by atoms with E-state index in [-0.39, 0.29) is 17.3 Å². The lowest BCUT2D eigenvalue weighted by Gasteiger charge is -2.31. The molecule has 5 rings (SSSR count). The Morgan fingerprint density at radius 3 is 2.74 bits per heavy atom. The number of piperidine rings is 1. The van der Waals surface area contributed by atoms with E-state index in [0.29, 0.717) is 52.6 Å². The van der Waals surface area contributed by atoms with Gasteiger partial charge in [-0.1, -0.05) is 17.6 Å². The maximum absolute atomic E-state index is 13.5. The minimum Gasteiger partial charge on any atom is -0.339 e. The number of nitrogens with zero attached hydrogens (tertiary/aromatic N) is 4. The number of thiophene rings is 1. The van der Waals surface area contributed by atoms with Crippen LogP contribution in [0.15, 0.2) is 33.7 Å². The van der Waals surface area contributed by atoms with E-state index in [1.54, 1.807) is 19.1 Å². The SMILES string of the molecule is Cc1cccc(NC(=O)C2CCCN(S(=O)(=O)c3cc(-c4noc(C5CCC5)n4)sc3C)C2)n1. The van der Waals surface area contributed by atoms with Crippen LogP contribution in [-0.2, 0) is 14.8 Å². The van der Waals surface area contributed by atoms with Crippen LogP contribution in [0, 0.1) is 19.8 Å². The van der Waals surface area contributed by atoms with Crippen LogP contribution in [0.2, 0.25) is 0 Å². The highest BCUT2D eigenvalue weighted by Crippen LogP contribution is 2.38. The van der Waals surface area contributed by atoms with Crippen LogP contribution in [0.25, 0.3) is 10.7 Å². The third-order valence-electron chi connectivity index (χ3n) is 6.50. The number of amides is 1. The molecule has 11 heteroatoms. The minimum atomic E-state index is -3.77. The first-order chi connectivity index (χ1) is 16.3. The van der Waals surface area contributed by atoms with Gasteiger partial charge in [-0.25, -0.2) is 13.4 Å². The Morgan fingerprint density at radius 2 is 2.00 bits per heavy atom. The smallest absolute Gasteiger partial charge is 0.244 e. The van der Waals surface area contributed by atoms with Crippen LogP contribution < -0.4 is 5.32 Å². The monoisotopic (exact) mass is 501 g/mol. The van der Waals surface area contributed by atoms with E-state index in [0.717, 1.165) is 18.5 Å². The van der Waals surface area contributed by atoms with Gasteiger partial charge in [0.05, 0.1) is 15.7 Å². The van der Waals surface area contributed by atoms with Crippen molar-refractivity contribution in [3.8, 4) is 10.7 Å². The summed E-state index contributed by atoms with van der Waals surface area (Å²) in [4.78, 5) is 23.2. The van der Waals surface area contributed by atoms with Crippen LogP contribution in [0.5, 0.6) is 0 Å². The Hall–Kier alpha value is -2.63. The quantitative estimate of drug-likeness (QED) is 0.540. The van der Waals surface area contributed by atoms with E-state index in [2.05, 4.69) is 20.4 Å². The summed E-state index contributed by atoms with van der Waals surface area (Å²) in [6.45, 7) is 4.16. The summed E-state index contributed by atoms with van der Waals surface area (Å²) in [5.74, 6) is 1.20. The Labute approximate surface area is 202 Å². The van der Waals surface area contributed by atoms with Crippen LogP contribution >= 0.6 is 11.3 Å². The molecule has 4 heterocycles. The van der Waals surface area contributed by atoms with E-state index >= 15 is 0 Å². The Balaban J connectivity index is 1.32. The Morgan fingerprint density at radius 1 is 1.18 bits per heavy atom. The second kappa shape index (κ2) is 9.20. The summed E-state index contributed by atoms with van der Waals surface area (Å²) >= 11 is 1.34. The molecule has 0 spiro atoms. The number of rotatable bonds is 6. The number of aryl methyl sites for hydroxylation is 2. The van der Waals surface area contributed by atoms with Crippen molar-refractivity contribution in [3.05, 3.63) is 40.7 Å². The molecular formula is C23H27N5O4S2. The van der Waals surface area contributed by atoms with Crippen LogP contribution in [0.3, 0.4) is 0 Å². The van der Waals surface area contributed by atoms with Gasteiger partial charge in [0.2, 0.25) is 27.6 Å². The van der Waals surface area contributed by atoms with Crippen molar-refractivity contribution in [2.24, 2.45) is 5.92 Å². The zero-order valence-corrected chi connectivity index (χ0v) is 20.8. The van der Waals surface area contributed by atoms with E-state index in [1.165, 1.54) is 22.1 Å². The Bertz CT molecular complexity index is 1310. The molecule has 1 atom stereocenters. The predicted octanol–water partition coefficient (Wildman–Crippen LogP) is 4.12. The third-order valence-corrected chi connectivity index (χ3v) is 9.67. The van der Waals surface area contributed by atoms with Gasteiger partial charge < -0.3 is 9.84 Å². The summed E-state index contributed by atoms with van der Waals surface area (Å²) in [5.41, 5.74) is 0.802. The van der Waals surface area contributed by atoms with E-state index in [9.17, 15) is 13.2 Å². The average molecular weight is 502 g/mol. The average Bonchev–Trinajstić information content (AvgIpc) is 3.40. The van der Waals surface area contributed by atoms with E-state index in [4.69, 9.17) is 4.52 Å². The second-order valence-electron chi connectivity index (χ2n) is 8.97. The van der Waals surface area contributed by atoms with E-state index < -0.39 is 15.9 Å². The maximum Gasteiger partial charge on any atom is 0.244 e. The van der Waals surface area contributed by atoms with Crippen molar-refractivity contribution in [3.63, 3.8) is 0 Å². The van der Waals surface area contributed by atoms with Gasteiger partial charge in [0.1, 0.15) is 5.82 Å². The third kappa shape index (κ3) is 4.51. The standard InChI is InChI=1S/C23H27N5O4S2/c1-14-6-3-10-20(24-14)25-22(29)17-9-5-11-28(13-17)34(30,31)19-12-18(33-15(19)2)21-26-23(32-27-21)16-7-4-8-16/h3,6,10,12,16-17H,4-5,7-9,11,13H2,1-2H3,(H,24,25,29). The fraction of sp³-hybridized carbons (Fsp3) is 0.478. The first-order valence-corrected chi connectivity index (χ1v) is 13.8. The normalized spacial score (nSPS) is 19.6.